The van der Waals surface area contributed by atoms with Crippen LogP contribution in [0.1, 0.15) is 23.2 Å². The Balaban J connectivity index is 1.63. The maximum atomic E-state index is 12.0. The van der Waals surface area contributed by atoms with Gasteiger partial charge in [0, 0.05) is 32.6 Å². The quantitative estimate of drug-likeness (QED) is 0.597. The van der Waals surface area contributed by atoms with Crippen LogP contribution < -0.4 is 4.90 Å². The van der Waals surface area contributed by atoms with E-state index in [0.717, 1.165) is 5.69 Å². The van der Waals surface area contributed by atoms with E-state index in [4.69, 9.17) is 4.84 Å². The maximum Gasteiger partial charge on any atom is 0.363 e. The van der Waals surface area contributed by atoms with Crippen molar-refractivity contribution >= 4 is 34.8 Å². The average Bonchev–Trinajstić information content (AvgIpc) is 2.99. The van der Waals surface area contributed by atoms with Crippen LogP contribution in [0, 0.1) is 0 Å². The number of azo groups is 1. The second-order valence-corrected chi connectivity index (χ2v) is 6.12. The van der Waals surface area contributed by atoms with Gasteiger partial charge in [0.1, 0.15) is 0 Å². The lowest BCUT2D eigenvalue weighted by molar-refractivity contribution is -0.172. The Morgan fingerprint density at radius 3 is 1.85 bits per heavy atom. The van der Waals surface area contributed by atoms with Gasteiger partial charge in [0.25, 0.3) is 11.8 Å². The van der Waals surface area contributed by atoms with Crippen LogP contribution in [0.5, 0.6) is 0 Å². The van der Waals surface area contributed by atoms with Gasteiger partial charge in [0.2, 0.25) is 0 Å². The molecule has 0 spiro atoms. The van der Waals surface area contributed by atoms with E-state index in [1.165, 1.54) is 12.1 Å². The molecule has 0 bridgehead atoms. The van der Waals surface area contributed by atoms with Crippen molar-refractivity contribution in [2.75, 3.05) is 19.0 Å². The highest BCUT2D eigenvalue weighted by atomic mass is 16.7. The fraction of sp³-hybridized carbons (Fsp3) is 0.211. The zero-order chi connectivity index (χ0) is 19.4. The van der Waals surface area contributed by atoms with Gasteiger partial charge in [-0.1, -0.05) is 0 Å². The summed E-state index contributed by atoms with van der Waals surface area (Å²) in [6.45, 7) is 0. The molecule has 0 saturated carbocycles. The summed E-state index contributed by atoms with van der Waals surface area (Å²) in [5.41, 5.74) is 2.52. The van der Waals surface area contributed by atoms with E-state index in [-0.39, 0.29) is 18.4 Å². The first-order valence-corrected chi connectivity index (χ1v) is 8.31. The fourth-order valence-electron chi connectivity index (χ4n) is 2.39. The molecule has 138 valence electrons. The van der Waals surface area contributed by atoms with E-state index in [1.807, 2.05) is 43.3 Å². The number of amides is 2. The number of rotatable bonds is 5. The van der Waals surface area contributed by atoms with Gasteiger partial charge in [-0.2, -0.15) is 10.2 Å². The van der Waals surface area contributed by atoms with Crippen molar-refractivity contribution in [3.63, 3.8) is 0 Å². The maximum absolute atomic E-state index is 12.0. The number of hydrogen-bond donors (Lipinski definition) is 0. The lowest BCUT2D eigenvalue weighted by Gasteiger charge is -2.12. The van der Waals surface area contributed by atoms with Crippen LogP contribution in [0.2, 0.25) is 0 Å². The topological polar surface area (TPSA) is 91.6 Å². The number of anilines is 1. The molecule has 3 rings (SSSR count). The molecular weight excluding hydrogens is 348 g/mol. The number of hydroxylamine groups is 2. The molecule has 2 aromatic rings. The molecule has 27 heavy (non-hydrogen) atoms. The third kappa shape index (κ3) is 4.35. The zero-order valence-electron chi connectivity index (χ0n) is 15.0. The molecular formula is C19H18N4O4. The van der Waals surface area contributed by atoms with Gasteiger partial charge < -0.3 is 9.74 Å². The first-order chi connectivity index (χ1) is 12.9. The van der Waals surface area contributed by atoms with Crippen molar-refractivity contribution in [1.29, 1.82) is 0 Å². The van der Waals surface area contributed by atoms with E-state index >= 15 is 0 Å². The highest BCUT2D eigenvalue weighted by molar-refractivity contribution is 6.02. The molecule has 1 saturated heterocycles. The second-order valence-electron chi connectivity index (χ2n) is 6.12. The monoisotopic (exact) mass is 366 g/mol. The number of nitrogens with zero attached hydrogens (tertiary/aromatic N) is 4. The predicted octanol–water partition coefficient (Wildman–Crippen LogP) is 3.39. The van der Waals surface area contributed by atoms with Gasteiger partial charge >= 0.3 is 5.97 Å². The molecule has 8 nitrogen and oxygen atoms in total. The van der Waals surface area contributed by atoms with Gasteiger partial charge in [0.05, 0.1) is 16.9 Å². The largest absolute Gasteiger partial charge is 0.378 e. The molecule has 2 amide bonds. The highest BCUT2D eigenvalue weighted by Crippen LogP contribution is 2.22. The lowest BCUT2D eigenvalue weighted by Crippen LogP contribution is -2.32. The van der Waals surface area contributed by atoms with E-state index in [2.05, 4.69) is 10.2 Å². The minimum atomic E-state index is -0.777. The molecule has 0 aromatic heterocycles. The molecule has 0 unspecified atom stereocenters. The number of carbonyl (C=O) groups is 3. The van der Waals surface area contributed by atoms with Crippen molar-refractivity contribution in [2.24, 2.45) is 10.2 Å². The van der Waals surface area contributed by atoms with Crippen molar-refractivity contribution in [1.82, 2.24) is 5.06 Å². The zero-order valence-corrected chi connectivity index (χ0v) is 15.0. The van der Waals surface area contributed by atoms with Crippen molar-refractivity contribution in [3.8, 4) is 0 Å². The summed E-state index contributed by atoms with van der Waals surface area (Å²) in [7, 11) is 3.91. The SMILES string of the molecule is CN(C)c1ccc(N=Nc2ccc(C(=O)ON3C(=O)CCC3=O)cc2)cc1. The van der Waals surface area contributed by atoms with Crippen LogP contribution >= 0.6 is 0 Å². The number of carbonyl (C=O) groups excluding carboxylic acids is 3. The molecule has 0 N–H and O–H groups in total. The molecule has 0 atom stereocenters. The lowest BCUT2D eigenvalue weighted by atomic mass is 10.2. The van der Waals surface area contributed by atoms with Crippen LogP contribution in [0.15, 0.2) is 58.8 Å². The van der Waals surface area contributed by atoms with E-state index in [9.17, 15) is 14.4 Å². The minimum absolute atomic E-state index is 0.0565. The molecule has 0 aliphatic carbocycles. The molecule has 1 aliphatic rings. The minimum Gasteiger partial charge on any atom is -0.378 e. The summed E-state index contributed by atoms with van der Waals surface area (Å²) in [6, 6.07) is 13.8. The second kappa shape index (κ2) is 7.77. The Morgan fingerprint density at radius 1 is 0.889 bits per heavy atom. The van der Waals surface area contributed by atoms with Crippen molar-refractivity contribution in [2.45, 2.75) is 12.8 Å². The highest BCUT2D eigenvalue weighted by Gasteiger charge is 2.33. The van der Waals surface area contributed by atoms with E-state index in [1.54, 1.807) is 12.1 Å². The van der Waals surface area contributed by atoms with Gasteiger partial charge in [0.15, 0.2) is 0 Å². The molecule has 1 aliphatic heterocycles. The molecule has 8 heteroatoms. The predicted molar refractivity (Wildman–Crippen MR) is 97.9 cm³/mol. The van der Waals surface area contributed by atoms with Gasteiger partial charge in [-0.15, -0.1) is 5.06 Å². The smallest absolute Gasteiger partial charge is 0.363 e. The Bertz CT molecular complexity index is 873. The standard InChI is InChI=1S/C19H18N4O4/c1-22(2)16-9-7-15(8-10-16)21-20-14-5-3-13(4-6-14)19(26)27-23-17(24)11-12-18(23)25/h3-10H,11-12H2,1-2H3. The fourth-order valence-corrected chi connectivity index (χ4v) is 2.39. The van der Waals surface area contributed by atoms with Crippen LogP contribution in [0.25, 0.3) is 0 Å². The summed E-state index contributed by atoms with van der Waals surface area (Å²) in [6.07, 6.45) is 0.113. The van der Waals surface area contributed by atoms with E-state index in [0.29, 0.717) is 16.4 Å². The van der Waals surface area contributed by atoms with Gasteiger partial charge in [-0.05, 0) is 48.5 Å². The van der Waals surface area contributed by atoms with Gasteiger partial charge in [-0.25, -0.2) is 4.79 Å². The summed E-state index contributed by atoms with van der Waals surface area (Å²) >= 11 is 0. The average molecular weight is 366 g/mol. The van der Waals surface area contributed by atoms with Gasteiger partial charge in [-0.3, -0.25) is 9.59 Å². The van der Waals surface area contributed by atoms with Crippen LogP contribution in [-0.4, -0.2) is 36.9 Å². The molecule has 1 heterocycles. The Kier molecular flexibility index (Phi) is 5.25. The Hall–Kier alpha value is -3.55. The third-order valence-corrected chi connectivity index (χ3v) is 3.93. The normalized spacial score (nSPS) is 14.1. The Labute approximate surface area is 156 Å². The number of benzene rings is 2. The molecule has 1 fully saturated rings. The number of hydrogen-bond acceptors (Lipinski definition) is 7. The summed E-state index contributed by atoms with van der Waals surface area (Å²) in [4.78, 5) is 41.9. The summed E-state index contributed by atoms with van der Waals surface area (Å²) in [5.74, 6) is -1.81. The van der Waals surface area contributed by atoms with Crippen LogP contribution in [0.3, 0.4) is 0 Å². The molecule has 2 aromatic carbocycles. The van der Waals surface area contributed by atoms with Crippen LogP contribution in [-0.2, 0) is 14.4 Å². The van der Waals surface area contributed by atoms with Crippen molar-refractivity contribution < 1.29 is 19.2 Å². The Morgan fingerprint density at radius 2 is 1.37 bits per heavy atom. The third-order valence-electron chi connectivity index (χ3n) is 3.93. The summed E-state index contributed by atoms with van der Waals surface area (Å²) in [5, 5.41) is 8.79. The van der Waals surface area contributed by atoms with E-state index < -0.39 is 17.8 Å². The number of imide groups is 1. The first-order valence-electron chi connectivity index (χ1n) is 8.31. The van der Waals surface area contributed by atoms with Crippen LogP contribution in [0.4, 0.5) is 17.1 Å². The first kappa shape index (κ1) is 18.2. The summed E-state index contributed by atoms with van der Waals surface area (Å²) < 4.78 is 0. The van der Waals surface area contributed by atoms with Crippen molar-refractivity contribution in [3.05, 3.63) is 54.1 Å². The molecule has 0 radical (unpaired) electrons.